The Morgan fingerprint density at radius 1 is 1.42 bits per heavy atom. The van der Waals surface area contributed by atoms with E-state index in [4.69, 9.17) is 0 Å². The largest absolute Gasteiger partial charge is 0.508 e. The van der Waals surface area contributed by atoms with E-state index in [2.05, 4.69) is 16.5 Å². The maximum Gasteiger partial charge on any atom is 0.254 e. The molecule has 1 aliphatic heterocycles. The normalized spacial score (nSPS) is 17.9. The highest BCUT2D eigenvalue weighted by atomic mass is 16.3. The van der Waals surface area contributed by atoms with Gasteiger partial charge < -0.3 is 14.6 Å². The minimum absolute atomic E-state index is 0.0118. The number of rotatable bonds is 5. The standard InChI is InChI=1S/C19H25N3O2/c1-2-3-10-21-12-9-20-18(21)16-7-5-11-22(14-16)19(24)15-6-4-8-17(23)13-15/h4,6,8-9,12-13,16,23H,2-3,5,7,10-11,14H2,1H3/t16-/m1/s1. The minimum Gasteiger partial charge on any atom is -0.508 e. The summed E-state index contributed by atoms with van der Waals surface area (Å²) in [6.45, 7) is 4.63. The number of phenols is 1. The van der Waals surface area contributed by atoms with Gasteiger partial charge in [-0.1, -0.05) is 19.4 Å². The first-order valence-electron chi connectivity index (χ1n) is 8.78. The Bertz CT molecular complexity index is 695. The molecule has 2 heterocycles. The second-order valence-corrected chi connectivity index (χ2v) is 6.47. The van der Waals surface area contributed by atoms with E-state index in [0.717, 1.165) is 44.6 Å². The predicted octanol–water partition coefficient (Wildman–Crippen LogP) is 3.41. The molecule has 1 N–H and O–H groups in total. The van der Waals surface area contributed by atoms with Crippen molar-refractivity contribution in [2.24, 2.45) is 0 Å². The number of carbonyl (C=O) groups excluding carboxylic acids is 1. The highest BCUT2D eigenvalue weighted by Gasteiger charge is 2.28. The topological polar surface area (TPSA) is 58.4 Å². The second-order valence-electron chi connectivity index (χ2n) is 6.47. The zero-order valence-corrected chi connectivity index (χ0v) is 14.2. The van der Waals surface area contributed by atoms with Gasteiger partial charge in [-0.3, -0.25) is 4.79 Å². The molecule has 1 aromatic heterocycles. The molecule has 0 unspecified atom stereocenters. The maximum atomic E-state index is 12.7. The van der Waals surface area contributed by atoms with Crippen LogP contribution in [0.3, 0.4) is 0 Å². The van der Waals surface area contributed by atoms with Gasteiger partial charge in [0.15, 0.2) is 0 Å². The van der Waals surface area contributed by atoms with Gasteiger partial charge in [0.1, 0.15) is 11.6 Å². The molecule has 1 atom stereocenters. The number of carbonyl (C=O) groups is 1. The van der Waals surface area contributed by atoms with E-state index in [1.165, 1.54) is 6.07 Å². The number of aromatic nitrogens is 2. The van der Waals surface area contributed by atoms with Gasteiger partial charge >= 0.3 is 0 Å². The Morgan fingerprint density at radius 2 is 2.29 bits per heavy atom. The lowest BCUT2D eigenvalue weighted by Crippen LogP contribution is -2.39. The summed E-state index contributed by atoms with van der Waals surface area (Å²) in [5.41, 5.74) is 0.546. The molecule has 24 heavy (non-hydrogen) atoms. The van der Waals surface area contributed by atoms with Crippen molar-refractivity contribution in [3.8, 4) is 5.75 Å². The molecule has 1 aliphatic rings. The van der Waals surface area contributed by atoms with Crippen molar-refractivity contribution >= 4 is 5.91 Å². The van der Waals surface area contributed by atoms with Crippen molar-refractivity contribution in [1.82, 2.24) is 14.5 Å². The van der Waals surface area contributed by atoms with Crippen LogP contribution in [0.4, 0.5) is 0 Å². The van der Waals surface area contributed by atoms with Crippen LogP contribution >= 0.6 is 0 Å². The third kappa shape index (κ3) is 3.61. The highest BCUT2D eigenvalue weighted by Crippen LogP contribution is 2.27. The maximum absolute atomic E-state index is 12.7. The number of piperidine rings is 1. The van der Waals surface area contributed by atoms with Crippen LogP contribution in [0.1, 0.15) is 54.7 Å². The summed E-state index contributed by atoms with van der Waals surface area (Å²) in [5, 5.41) is 9.60. The fourth-order valence-electron chi connectivity index (χ4n) is 3.39. The number of aromatic hydroxyl groups is 1. The average Bonchev–Trinajstić information content (AvgIpc) is 3.08. The quantitative estimate of drug-likeness (QED) is 0.915. The fraction of sp³-hybridized carbons (Fsp3) is 0.474. The van der Waals surface area contributed by atoms with E-state index in [1.54, 1.807) is 18.2 Å². The van der Waals surface area contributed by atoms with E-state index in [-0.39, 0.29) is 17.6 Å². The molecule has 0 saturated carbocycles. The van der Waals surface area contributed by atoms with Gasteiger partial charge in [-0.05, 0) is 37.5 Å². The number of benzene rings is 1. The van der Waals surface area contributed by atoms with Crippen LogP contribution in [0.5, 0.6) is 5.75 Å². The van der Waals surface area contributed by atoms with Gasteiger partial charge in [0.05, 0.1) is 0 Å². The molecular formula is C19H25N3O2. The first kappa shape index (κ1) is 16.6. The Hall–Kier alpha value is -2.30. The number of nitrogens with zero attached hydrogens (tertiary/aromatic N) is 3. The Morgan fingerprint density at radius 3 is 3.08 bits per heavy atom. The van der Waals surface area contributed by atoms with Crippen LogP contribution in [0.2, 0.25) is 0 Å². The van der Waals surface area contributed by atoms with Gasteiger partial charge in [-0.15, -0.1) is 0 Å². The number of likely N-dealkylation sites (tertiary alicyclic amines) is 1. The monoisotopic (exact) mass is 327 g/mol. The predicted molar refractivity (Wildman–Crippen MR) is 93.1 cm³/mol. The molecule has 1 aromatic carbocycles. The average molecular weight is 327 g/mol. The lowest BCUT2D eigenvalue weighted by atomic mass is 9.96. The van der Waals surface area contributed by atoms with Crippen molar-refractivity contribution in [3.05, 3.63) is 48.0 Å². The van der Waals surface area contributed by atoms with Gasteiger partial charge in [0.2, 0.25) is 0 Å². The number of aryl methyl sites for hydroxylation is 1. The van der Waals surface area contributed by atoms with Crippen LogP contribution in [-0.4, -0.2) is 38.6 Å². The molecular weight excluding hydrogens is 302 g/mol. The smallest absolute Gasteiger partial charge is 0.254 e. The Kier molecular flexibility index (Phi) is 5.18. The van der Waals surface area contributed by atoms with Gasteiger partial charge in [-0.25, -0.2) is 4.98 Å². The first-order valence-corrected chi connectivity index (χ1v) is 8.78. The van der Waals surface area contributed by atoms with E-state index in [0.29, 0.717) is 12.1 Å². The summed E-state index contributed by atoms with van der Waals surface area (Å²) < 4.78 is 2.23. The van der Waals surface area contributed by atoms with Gasteiger partial charge in [0.25, 0.3) is 5.91 Å². The molecule has 0 radical (unpaired) electrons. The van der Waals surface area contributed by atoms with Crippen LogP contribution in [0, 0.1) is 0 Å². The zero-order chi connectivity index (χ0) is 16.9. The third-order valence-corrected chi connectivity index (χ3v) is 4.67. The molecule has 0 spiro atoms. The summed E-state index contributed by atoms with van der Waals surface area (Å²) in [6.07, 6.45) is 8.25. The molecule has 2 aromatic rings. The second kappa shape index (κ2) is 7.51. The molecule has 0 aliphatic carbocycles. The number of hydrogen-bond acceptors (Lipinski definition) is 3. The lowest BCUT2D eigenvalue weighted by molar-refractivity contribution is 0.0703. The van der Waals surface area contributed by atoms with E-state index >= 15 is 0 Å². The summed E-state index contributed by atoms with van der Waals surface area (Å²) >= 11 is 0. The van der Waals surface area contributed by atoms with Crippen LogP contribution in [0.25, 0.3) is 0 Å². The molecule has 5 nitrogen and oxygen atoms in total. The van der Waals surface area contributed by atoms with Crippen molar-refractivity contribution in [2.45, 2.75) is 45.1 Å². The molecule has 0 bridgehead atoms. The Labute approximate surface area is 142 Å². The van der Waals surface area contributed by atoms with Gasteiger partial charge in [-0.2, -0.15) is 0 Å². The van der Waals surface area contributed by atoms with Crippen molar-refractivity contribution in [1.29, 1.82) is 0 Å². The minimum atomic E-state index is -0.0118. The van der Waals surface area contributed by atoms with Crippen molar-refractivity contribution in [2.75, 3.05) is 13.1 Å². The van der Waals surface area contributed by atoms with E-state index in [1.807, 2.05) is 17.3 Å². The van der Waals surface area contributed by atoms with E-state index < -0.39 is 0 Å². The summed E-state index contributed by atoms with van der Waals surface area (Å²) in [6, 6.07) is 6.59. The molecule has 5 heteroatoms. The lowest BCUT2D eigenvalue weighted by Gasteiger charge is -2.32. The molecule has 1 fully saturated rings. The number of amides is 1. The Balaban J connectivity index is 1.73. The molecule has 1 saturated heterocycles. The third-order valence-electron chi connectivity index (χ3n) is 4.67. The van der Waals surface area contributed by atoms with Crippen LogP contribution in [-0.2, 0) is 6.54 Å². The SMILES string of the molecule is CCCCn1ccnc1[C@@H]1CCCN(C(=O)c2cccc(O)c2)C1. The fourth-order valence-corrected chi connectivity index (χ4v) is 3.39. The molecule has 3 rings (SSSR count). The molecule has 128 valence electrons. The number of imidazole rings is 1. The summed E-state index contributed by atoms with van der Waals surface area (Å²) in [4.78, 5) is 19.2. The number of unbranched alkanes of at least 4 members (excludes halogenated alkanes) is 1. The van der Waals surface area contributed by atoms with Crippen molar-refractivity contribution in [3.63, 3.8) is 0 Å². The summed E-state index contributed by atoms with van der Waals surface area (Å²) in [5.74, 6) is 1.50. The first-order chi connectivity index (χ1) is 11.7. The highest BCUT2D eigenvalue weighted by molar-refractivity contribution is 5.94. The number of phenolic OH excluding ortho intramolecular Hbond substituents is 1. The van der Waals surface area contributed by atoms with E-state index in [9.17, 15) is 9.90 Å². The molecule has 1 amide bonds. The van der Waals surface area contributed by atoms with Crippen LogP contribution < -0.4 is 0 Å². The van der Waals surface area contributed by atoms with Gasteiger partial charge in [0, 0.05) is 43.5 Å². The van der Waals surface area contributed by atoms with Crippen LogP contribution in [0.15, 0.2) is 36.7 Å². The summed E-state index contributed by atoms with van der Waals surface area (Å²) in [7, 11) is 0. The zero-order valence-electron chi connectivity index (χ0n) is 14.2. The number of hydrogen-bond donors (Lipinski definition) is 1. The van der Waals surface area contributed by atoms with Crippen molar-refractivity contribution < 1.29 is 9.90 Å².